The topological polar surface area (TPSA) is 366 Å². The summed E-state index contributed by atoms with van der Waals surface area (Å²) in [4.78, 5) is 156. The average Bonchev–Trinajstić information content (AvgIpc) is 3.41. The molecule has 2 aliphatic heterocycles. The van der Waals surface area contributed by atoms with E-state index < -0.39 is 102 Å². The number of nitrogens with two attached hydrogens (primary N) is 1. The van der Waals surface area contributed by atoms with Gasteiger partial charge in [0.05, 0.1) is 49.1 Å². The number of Topliss-reactive ketones (excluding diaryl/α,β-unsaturated/α-hetero) is 1. The van der Waals surface area contributed by atoms with Gasteiger partial charge in [-0.05, 0) is 101 Å². The van der Waals surface area contributed by atoms with Gasteiger partial charge in [-0.15, -0.1) is 0 Å². The molecular formula is C62H102N14O13. The van der Waals surface area contributed by atoms with Crippen molar-refractivity contribution in [1.82, 2.24) is 46.2 Å². The highest BCUT2D eigenvalue weighted by Crippen LogP contribution is 2.31. The number of piperidine rings is 1. The maximum Gasteiger partial charge on any atom is 0.247 e. The number of amides is 10. The fourth-order valence-electron chi connectivity index (χ4n) is 12.1. The van der Waals surface area contributed by atoms with Crippen LogP contribution in [0.25, 0.3) is 10.4 Å². The van der Waals surface area contributed by atoms with Crippen molar-refractivity contribution in [2.75, 3.05) is 73.9 Å². The number of methoxy groups -OCH3 is 2. The Bertz CT molecular complexity index is 2620. The maximum absolute atomic E-state index is 14.5. The molecule has 498 valence electrons. The van der Waals surface area contributed by atoms with E-state index in [0.717, 1.165) is 0 Å². The monoisotopic (exact) mass is 1250 g/mol. The number of likely N-dealkylation sites (N-methyl/N-ethyl adjacent to an activating group) is 2. The zero-order chi connectivity index (χ0) is 67.0. The second-order valence-corrected chi connectivity index (χ2v) is 24.8. The number of anilines is 1. The van der Waals surface area contributed by atoms with Gasteiger partial charge in [0, 0.05) is 102 Å². The predicted molar refractivity (Wildman–Crippen MR) is 335 cm³/mol. The summed E-state index contributed by atoms with van der Waals surface area (Å²) in [6, 6.07) is 0.572. The Morgan fingerprint density at radius 2 is 1.36 bits per heavy atom. The molecule has 27 nitrogen and oxygen atoms in total. The lowest BCUT2D eigenvalue weighted by atomic mass is 9.83. The van der Waals surface area contributed by atoms with Crippen LogP contribution in [0.3, 0.4) is 0 Å². The molecule has 0 aliphatic carbocycles. The largest absolute Gasteiger partial charge is 0.379 e. The molecule has 2 heterocycles. The van der Waals surface area contributed by atoms with Crippen LogP contribution >= 0.6 is 0 Å². The number of nitrogens with one attached hydrogen (secondary N) is 6. The number of azide groups is 1. The van der Waals surface area contributed by atoms with Gasteiger partial charge in [0.25, 0.3) is 0 Å². The Hall–Kier alpha value is -7.22. The standard InChI is InChI=1S/C62H102N14O13/c1-16-37(6)55(74(13)62(87)45(35(2)3)31-48(77)54(36(4)5)73(11)12)49(88-14)33-53(81)76-27-17-18-47(76)56(89-15)38(7)57(82)70-44(34-66-72-64)30-41-19-21-43(22-20-41)69-61(86)46(32-50(63)78)71-59(84)40(9)68-58(83)39(8)67-51(79)23-24-52(80)75-28-25-42(26-29-75)60(85)65-10/h19-22,35-40,42,44-47,49,54-56H,16-18,23-34H2,1-15H3,(H2,63,78)(H,65,85)(H,67,79)(H,68,83)(H,69,86)(H,70,82)(H,71,84)/t37-,38+,39-,40-,44-,45?,46-,47-,49+,54-,55-,56+/m0/s1. The van der Waals surface area contributed by atoms with Crippen LogP contribution in [-0.4, -0.2) is 208 Å². The Morgan fingerprint density at radius 1 is 0.742 bits per heavy atom. The summed E-state index contributed by atoms with van der Waals surface area (Å²) in [5, 5.41) is 19.4. The number of ketones is 1. The number of carbonyl (C=O) groups excluding carboxylic acids is 11. The number of hydrogen-bond donors (Lipinski definition) is 7. The molecule has 0 bridgehead atoms. The molecule has 1 aromatic carbocycles. The normalized spacial score (nSPS) is 18.1. The minimum absolute atomic E-state index is 0.000262. The summed E-state index contributed by atoms with van der Waals surface area (Å²) in [6.07, 6.45) is 0.800. The van der Waals surface area contributed by atoms with Gasteiger partial charge in [-0.1, -0.05) is 72.1 Å². The van der Waals surface area contributed by atoms with Gasteiger partial charge < -0.3 is 61.8 Å². The van der Waals surface area contributed by atoms with Crippen molar-refractivity contribution in [3.8, 4) is 0 Å². The Balaban J connectivity index is 1.64. The number of likely N-dealkylation sites (tertiary alicyclic amines) is 2. The zero-order valence-electron chi connectivity index (χ0n) is 55.1. The minimum atomic E-state index is -1.47. The summed E-state index contributed by atoms with van der Waals surface area (Å²) in [6.45, 7) is 17.4. The molecule has 2 aliphatic rings. The second-order valence-electron chi connectivity index (χ2n) is 24.8. The van der Waals surface area contributed by atoms with Crippen molar-refractivity contribution in [2.45, 2.75) is 187 Å². The highest BCUT2D eigenvalue weighted by molar-refractivity contribution is 6.01. The number of nitrogens with zero attached hydrogens (tertiary/aromatic N) is 7. The van der Waals surface area contributed by atoms with E-state index in [0.29, 0.717) is 57.3 Å². The Labute approximate surface area is 525 Å². The molecule has 3 rings (SSSR count). The summed E-state index contributed by atoms with van der Waals surface area (Å²) < 4.78 is 12.1. The van der Waals surface area contributed by atoms with E-state index in [2.05, 4.69) is 41.9 Å². The molecule has 1 unspecified atom stereocenters. The number of rotatable bonds is 36. The van der Waals surface area contributed by atoms with Crippen molar-refractivity contribution >= 4 is 70.5 Å². The van der Waals surface area contributed by atoms with Crippen LogP contribution in [0.2, 0.25) is 0 Å². The van der Waals surface area contributed by atoms with Gasteiger partial charge in [0.2, 0.25) is 59.1 Å². The van der Waals surface area contributed by atoms with Crippen LogP contribution in [0.1, 0.15) is 132 Å². The fourth-order valence-corrected chi connectivity index (χ4v) is 12.1. The number of benzene rings is 1. The number of carbonyl (C=O) groups is 11. The van der Waals surface area contributed by atoms with E-state index in [4.69, 9.17) is 15.2 Å². The van der Waals surface area contributed by atoms with Crippen LogP contribution in [0.4, 0.5) is 5.69 Å². The molecule has 27 heteroatoms. The fraction of sp³-hybridized carbons (Fsp3) is 0.726. The van der Waals surface area contributed by atoms with E-state index >= 15 is 0 Å². The molecule has 89 heavy (non-hydrogen) atoms. The molecular weight excluding hydrogens is 1150 g/mol. The molecule has 0 radical (unpaired) electrons. The van der Waals surface area contributed by atoms with Crippen molar-refractivity contribution in [1.29, 1.82) is 0 Å². The SMILES string of the molecule is CC[C@H](C)[C@@H]([C@@H](CC(=O)N1CCC[C@H]1[C@H](OC)[C@@H](C)C(=O)N[C@H](CN=[N+]=[N-])Cc1ccc(NC(=O)[C@H](CC(N)=O)NC(=O)[C@H](C)NC(=O)[C@H](C)NC(=O)CCC(=O)N2CCC(C(=O)NC)CC2)cc1)OC)N(C)C(=O)C(CC(=O)[C@H](C(C)C)N(C)C)C(C)C. The van der Waals surface area contributed by atoms with E-state index in [1.807, 2.05) is 60.5 Å². The van der Waals surface area contributed by atoms with Crippen LogP contribution in [0, 0.1) is 35.5 Å². The predicted octanol–water partition coefficient (Wildman–Crippen LogP) is 2.83. The van der Waals surface area contributed by atoms with Crippen LogP contribution in [-0.2, 0) is 68.6 Å². The van der Waals surface area contributed by atoms with Crippen LogP contribution in [0.15, 0.2) is 29.4 Å². The van der Waals surface area contributed by atoms with E-state index in [-0.39, 0.29) is 103 Å². The van der Waals surface area contributed by atoms with Gasteiger partial charge in [-0.3, -0.25) is 57.6 Å². The minimum Gasteiger partial charge on any atom is -0.379 e. The smallest absolute Gasteiger partial charge is 0.247 e. The molecule has 8 N–H and O–H groups in total. The molecule has 1 aromatic rings. The maximum atomic E-state index is 14.5. The van der Waals surface area contributed by atoms with Gasteiger partial charge in [-0.2, -0.15) is 0 Å². The van der Waals surface area contributed by atoms with E-state index in [1.54, 1.807) is 60.0 Å². The molecule has 10 amide bonds. The molecule has 12 atom stereocenters. The average molecular weight is 1250 g/mol. The van der Waals surface area contributed by atoms with Gasteiger partial charge in [0.15, 0.2) is 5.78 Å². The van der Waals surface area contributed by atoms with E-state index in [9.17, 15) is 58.3 Å². The third-order valence-corrected chi connectivity index (χ3v) is 17.3. The molecule has 0 spiro atoms. The van der Waals surface area contributed by atoms with Crippen LogP contribution in [0.5, 0.6) is 0 Å². The summed E-state index contributed by atoms with van der Waals surface area (Å²) in [7, 11) is 10.0. The third kappa shape index (κ3) is 23.0. The van der Waals surface area contributed by atoms with Crippen LogP contribution < -0.4 is 37.6 Å². The van der Waals surface area contributed by atoms with Crippen molar-refractivity contribution < 1.29 is 62.2 Å². The van der Waals surface area contributed by atoms with Crippen molar-refractivity contribution in [3.63, 3.8) is 0 Å². The zero-order valence-corrected chi connectivity index (χ0v) is 55.1. The molecule has 2 fully saturated rings. The van der Waals surface area contributed by atoms with Gasteiger partial charge in [-0.25, -0.2) is 0 Å². The van der Waals surface area contributed by atoms with Crippen molar-refractivity contribution in [2.24, 2.45) is 46.4 Å². The summed E-state index contributed by atoms with van der Waals surface area (Å²) in [5.41, 5.74) is 15.7. The molecule has 0 aromatic heterocycles. The first-order valence-corrected chi connectivity index (χ1v) is 31.1. The lowest BCUT2D eigenvalue weighted by Crippen LogP contribution is -2.55. The van der Waals surface area contributed by atoms with Gasteiger partial charge in [0.1, 0.15) is 18.1 Å². The lowest BCUT2D eigenvalue weighted by molar-refractivity contribution is -0.149. The Morgan fingerprint density at radius 3 is 1.90 bits per heavy atom. The van der Waals surface area contributed by atoms with E-state index in [1.165, 1.54) is 28.1 Å². The quantitative estimate of drug-likeness (QED) is 0.0289. The lowest BCUT2D eigenvalue weighted by Gasteiger charge is -2.41. The highest BCUT2D eigenvalue weighted by atomic mass is 16.5. The van der Waals surface area contributed by atoms with Gasteiger partial charge >= 0.3 is 0 Å². The third-order valence-electron chi connectivity index (χ3n) is 17.3. The highest BCUT2D eigenvalue weighted by Gasteiger charge is 2.44. The Kier molecular flexibility index (Phi) is 31.7. The van der Waals surface area contributed by atoms with Crippen molar-refractivity contribution in [3.05, 3.63) is 40.3 Å². The summed E-state index contributed by atoms with van der Waals surface area (Å²) >= 11 is 0. The molecule has 2 saturated heterocycles. The summed E-state index contributed by atoms with van der Waals surface area (Å²) in [5.74, 6) is -6.72. The number of ether oxygens (including phenoxy) is 2. The molecule has 0 saturated carbocycles. The second kappa shape index (κ2) is 37.1. The number of primary amides is 1. The number of hydrogen-bond acceptors (Lipinski definition) is 15. The first-order chi connectivity index (χ1) is 41.9. The first kappa shape index (κ1) is 76.0. The first-order valence-electron chi connectivity index (χ1n) is 31.1.